The molecule has 25 heavy (non-hydrogen) atoms. The van der Waals surface area contributed by atoms with Crippen LogP contribution in [0.5, 0.6) is 0 Å². The van der Waals surface area contributed by atoms with Crippen molar-refractivity contribution in [2.75, 3.05) is 6.54 Å². The van der Waals surface area contributed by atoms with E-state index in [0.29, 0.717) is 6.42 Å². The van der Waals surface area contributed by atoms with Crippen LogP contribution in [0.2, 0.25) is 5.02 Å². The maximum atomic E-state index is 11.9. The minimum absolute atomic E-state index is 0.146. The van der Waals surface area contributed by atoms with Crippen molar-refractivity contribution in [3.8, 4) is 0 Å². The van der Waals surface area contributed by atoms with E-state index in [1.54, 1.807) is 0 Å². The van der Waals surface area contributed by atoms with Gasteiger partial charge >= 0.3 is 0 Å². The van der Waals surface area contributed by atoms with Gasteiger partial charge in [-0.2, -0.15) is 0 Å². The lowest BCUT2D eigenvalue weighted by Crippen LogP contribution is -2.24. The molecule has 0 saturated carbocycles. The number of amides is 1. The highest BCUT2D eigenvalue weighted by atomic mass is 35.5. The molecule has 0 unspecified atom stereocenters. The van der Waals surface area contributed by atoms with Crippen LogP contribution in [0.4, 0.5) is 0 Å². The molecule has 0 bridgehead atoms. The van der Waals surface area contributed by atoms with Crippen LogP contribution in [0.15, 0.2) is 24.3 Å². The Hall–Kier alpha value is -1.39. The van der Waals surface area contributed by atoms with Gasteiger partial charge in [-0.05, 0) is 62.6 Å². The molecular weight excluding hydrogens is 352 g/mol. The summed E-state index contributed by atoms with van der Waals surface area (Å²) in [6, 6.07) is 7.84. The summed E-state index contributed by atoms with van der Waals surface area (Å²) in [5.74, 6) is 0.146. The number of benzene rings is 1. The quantitative estimate of drug-likeness (QED) is 0.675. The Bertz CT molecular complexity index is 673. The third kappa shape index (κ3) is 5.82. The monoisotopic (exact) mass is 376 g/mol. The molecule has 0 saturated heterocycles. The van der Waals surface area contributed by atoms with E-state index in [4.69, 9.17) is 16.6 Å². The molecule has 1 aliphatic carbocycles. The molecule has 5 heteroatoms. The van der Waals surface area contributed by atoms with Crippen molar-refractivity contribution in [2.45, 2.75) is 57.8 Å². The zero-order chi connectivity index (χ0) is 17.5. The minimum atomic E-state index is 0.146. The zero-order valence-corrected chi connectivity index (χ0v) is 16.1. The van der Waals surface area contributed by atoms with Crippen LogP contribution in [0.25, 0.3) is 0 Å². The average Bonchev–Trinajstić information content (AvgIpc) is 3.03. The fourth-order valence-electron chi connectivity index (χ4n) is 3.17. The van der Waals surface area contributed by atoms with E-state index >= 15 is 0 Å². The average molecular weight is 377 g/mol. The van der Waals surface area contributed by atoms with Gasteiger partial charge in [-0.3, -0.25) is 4.79 Å². The molecule has 1 N–H and O–H groups in total. The Labute approximate surface area is 158 Å². The molecule has 0 radical (unpaired) electrons. The van der Waals surface area contributed by atoms with Gasteiger partial charge in [0.05, 0.1) is 10.7 Å². The molecule has 1 heterocycles. The van der Waals surface area contributed by atoms with Crippen LogP contribution in [0.3, 0.4) is 0 Å². The SMILES string of the molecule is O=C(CCCc1ccc(Cl)cc1)NCCCc1nc2c(s1)CCCC2. The van der Waals surface area contributed by atoms with E-state index in [0.717, 1.165) is 43.7 Å². The topological polar surface area (TPSA) is 42.0 Å². The van der Waals surface area contributed by atoms with Gasteiger partial charge in [0, 0.05) is 29.3 Å². The van der Waals surface area contributed by atoms with Crippen LogP contribution >= 0.6 is 22.9 Å². The van der Waals surface area contributed by atoms with E-state index in [1.807, 2.05) is 35.6 Å². The van der Waals surface area contributed by atoms with Crippen LogP contribution < -0.4 is 5.32 Å². The summed E-state index contributed by atoms with van der Waals surface area (Å²) in [4.78, 5) is 18.2. The van der Waals surface area contributed by atoms with Crippen LogP contribution in [0.1, 0.15) is 53.2 Å². The smallest absolute Gasteiger partial charge is 0.220 e. The van der Waals surface area contributed by atoms with Crippen LogP contribution in [-0.4, -0.2) is 17.4 Å². The third-order valence-corrected chi connectivity index (χ3v) is 6.03. The highest BCUT2D eigenvalue weighted by Gasteiger charge is 2.14. The van der Waals surface area contributed by atoms with Crippen molar-refractivity contribution in [2.24, 2.45) is 0 Å². The molecule has 134 valence electrons. The number of hydrogen-bond donors (Lipinski definition) is 1. The Kier molecular flexibility index (Phi) is 6.88. The molecule has 1 aromatic heterocycles. The highest BCUT2D eigenvalue weighted by Crippen LogP contribution is 2.27. The molecule has 1 aromatic carbocycles. The summed E-state index contributed by atoms with van der Waals surface area (Å²) in [6.07, 6.45) is 9.24. The van der Waals surface area contributed by atoms with Gasteiger partial charge < -0.3 is 5.32 Å². The number of aromatic nitrogens is 1. The number of rotatable bonds is 8. The van der Waals surface area contributed by atoms with Crippen molar-refractivity contribution < 1.29 is 4.79 Å². The molecule has 1 amide bonds. The lowest BCUT2D eigenvalue weighted by atomic mass is 10.0. The van der Waals surface area contributed by atoms with Crippen molar-refractivity contribution in [3.63, 3.8) is 0 Å². The molecule has 2 aromatic rings. The third-order valence-electron chi connectivity index (χ3n) is 4.56. The van der Waals surface area contributed by atoms with E-state index in [1.165, 1.54) is 40.4 Å². The number of hydrogen-bond acceptors (Lipinski definition) is 3. The molecule has 0 aliphatic heterocycles. The van der Waals surface area contributed by atoms with E-state index < -0.39 is 0 Å². The second-order valence-corrected chi connectivity index (χ2v) is 8.22. The number of aryl methyl sites for hydroxylation is 4. The molecule has 0 fully saturated rings. The second kappa shape index (κ2) is 9.35. The van der Waals surface area contributed by atoms with Gasteiger partial charge in [0.15, 0.2) is 0 Å². The molecule has 0 atom stereocenters. The van der Waals surface area contributed by atoms with Gasteiger partial charge in [-0.25, -0.2) is 4.98 Å². The van der Waals surface area contributed by atoms with Gasteiger partial charge in [-0.15, -0.1) is 11.3 Å². The predicted molar refractivity (Wildman–Crippen MR) is 104 cm³/mol. The summed E-state index contributed by atoms with van der Waals surface area (Å²) < 4.78 is 0. The summed E-state index contributed by atoms with van der Waals surface area (Å²) in [7, 11) is 0. The van der Waals surface area contributed by atoms with Gasteiger partial charge in [-0.1, -0.05) is 23.7 Å². The lowest BCUT2D eigenvalue weighted by Gasteiger charge is -2.06. The Morgan fingerprint density at radius 1 is 1.12 bits per heavy atom. The summed E-state index contributed by atoms with van der Waals surface area (Å²) >= 11 is 7.75. The lowest BCUT2D eigenvalue weighted by molar-refractivity contribution is -0.121. The second-order valence-electron chi connectivity index (χ2n) is 6.62. The summed E-state index contributed by atoms with van der Waals surface area (Å²) in [5.41, 5.74) is 2.56. The Morgan fingerprint density at radius 2 is 1.92 bits per heavy atom. The van der Waals surface area contributed by atoms with Gasteiger partial charge in [0.25, 0.3) is 0 Å². The standard InChI is InChI=1S/C20H25ClN2OS/c21-16-12-10-15(11-13-16)5-3-8-19(24)22-14-4-9-20-23-17-6-1-2-7-18(17)25-20/h10-13H,1-9,14H2,(H,22,24). The normalized spacial score (nSPS) is 13.5. The molecule has 3 rings (SSSR count). The van der Waals surface area contributed by atoms with Crippen molar-refractivity contribution in [1.29, 1.82) is 0 Å². The molecule has 1 aliphatic rings. The number of nitrogens with zero attached hydrogens (tertiary/aromatic N) is 1. The van der Waals surface area contributed by atoms with Crippen molar-refractivity contribution in [3.05, 3.63) is 50.4 Å². The molecular formula is C20H25ClN2OS. The summed E-state index contributed by atoms with van der Waals surface area (Å²) in [5, 5.41) is 5.02. The minimum Gasteiger partial charge on any atom is -0.356 e. The first-order chi connectivity index (χ1) is 12.2. The number of halogens is 1. The number of fused-ring (bicyclic) bond motifs is 1. The van der Waals surface area contributed by atoms with Crippen molar-refractivity contribution in [1.82, 2.24) is 10.3 Å². The maximum absolute atomic E-state index is 11.9. The first-order valence-corrected chi connectivity index (χ1v) is 10.4. The van der Waals surface area contributed by atoms with Gasteiger partial charge in [0.2, 0.25) is 5.91 Å². The first-order valence-electron chi connectivity index (χ1n) is 9.19. The number of thiazole rings is 1. The highest BCUT2D eigenvalue weighted by molar-refractivity contribution is 7.11. The zero-order valence-electron chi connectivity index (χ0n) is 14.5. The Balaban J connectivity index is 1.29. The van der Waals surface area contributed by atoms with Crippen LogP contribution in [-0.2, 0) is 30.5 Å². The number of nitrogens with one attached hydrogen (secondary N) is 1. The molecule has 0 spiro atoms. The first kappa shape index (κ1) is 18.4. The van der Waals surface area contributed by atoms with Crippen LogP contribution in [0, 0.1) is 0 Å². The Morgan fingerprint density at radius 3 is 2.72 bits per heavy atom. The number of carbonyl (C=O) groups is 1. The fourth-order valence-corrected chi connectivity index (χ4v) is 4.50. The predicted octanol–water partition coefficient (Wildman–Crippen LogP) is 4.75. The van der Waals surface area contributed by atoms with Gasteiger partial charge in [0.1, 0.15) is 0 Å². The van der Waals surface area contributed by atoms with E-state index in [2.05, 4.69) is 5.32 Å². The van der Waals surface area contributed by atoms with E-state index in [9.17, 15) is 4.79 Å². The van der Waals surface area contributed by atoms with E-state index in [-0.39, 0.29) is 5.91 Å². The van der Waals surface area contributed by atoms with Crippen molar-refractivity contribution >= 4 is 28.8 Å². The largest absolute Gasteiger partial charge is 0.356 e. The maximum Gasteiger partial charge on any atom is 0.220 e. The number of carbonyl (C=O) groups excluding carboxylic acids is 1. The summed E-state index contributed by atoms with van der Waals surface area (Å²) in [6.45, 7) is 0.740. The fraction of sp³-hybridized carbons (Fsp3) is 0.500. The molecule has 3 nitrogen and oxygen atoms in total.